The van der Waals surface area contributed by atoms with Gasteiger partial charge in [0.15, 0.2) is 0 Å². The van der Waals surface area contributed by atoms with Crippen molar-refractivity contribution >= 4 is 11.6 Å². The molecular weight excluding hydrogens is 439 g/mol. The molecule has 0 amide bonds. The van der Waals surface area contributed by atoms with Crippen molar-refractivity contribution < 1.29 is 4.39 Å². The molecule has 6 nitrogen and oxygen atoms in total. The van der Waals surface area contributed by atoms with Crippen LogP contribution in [0.25, 0.3) is 0 Å². The Morgan fingerprint density at radius 3 is 2.61 bits per heavy atom. The maximum Gasteiger partial charge on any atom is 0.116 e. The number of halogens is 2. The van der Waals surface area contributed by atoms with Crippen molar-refractivity contribution in [1.29, 1.82) is 0 Å². The molecule has 33 heavy (non-hydrogen) atoms. The van der Waals surface area contributed by atoms with Crippen LogP contribution in [0.15, 0.2) is 11.6 Å². The van der Waals surface area contributed by atoms with Crippen LogP contribution in [0.2, 0.25) is 0 Å². The number of hydrogen-bond acceptors (Lipinski definition) is 6. The van der Waals surface area contributed by atoms with Gasteiger partial charge < -0.3 is 21.7 Å². The normalized spacial score (nSPS) is 38.8. The molecule has 2 aliphatic heterocycles. The van der Waals surface area contributed by atoms with Crippen LogP contribution >= 0.6 is 11.6 Å². The summed E-state index contributed by atoms with van der Waals surface area (Å²) in [4.78, 5) is 0. The van der Waals surface area contributed by atoms with E-state index in [4.69, 9.17) is 17.3 Å². The molecule has 7 N–H and O–H groups in total. The molecule has 0 aromatic heterocycles. The van der Waals surface area contributed by atoms with Crippen LogP contribution in [0.1, 0.15) is 58.3 Å². The summed E-state index contributed by atoms with van der Waals surface area (Å²) in [5, 5.41) is 18.0. The van der Waals surface area contributed by atoms with E-state index < -0.39 is 6.17 Å². The second kappa shape index (κ2) is 12.6. The molecule has 0 aromatic rings. The number of alkyl halides is 2. The first-order valence-corrected chi connectivity index (χ1v) is 13.8. The summed E-state index contributed by atoms with van der Waals surface area (Å²) in [5.74, 6) is 1.39. The minimum Gasteiger partial charge on any atom is -0.327 e. The predicted octanol–water partition coefficient (Wildman–Crippen LogP) is 2.20. The number of rotatable bonds is 7. The molecule has 3 fully saturated rings. The second-order valence-corrected chi connectivity index (χ2v) is 11.5. The molecule has 2 saturated heterocycles. The molecule has 4 rings (SSSR count). The fourth-order valence-electron chi connectivity index (χ4n) is 6.22. The molecular formula is C25H46ClFN6. The molecule has 8 unspecified atom stereocenters. The third-order valence-electron chi connectivity index (χ3n) is 8.48. The zero-order valence-electron chi connectivity index (χ0n) is 20.3. The van der Waals surface area contributed by atoms with Gasteiger partial charge in [0.2, 0.25) is 0 Å². The average Bonchev–Trinajstić information content (AvgIpc) is 3.01. The molecule has 0 bridgehead atoms. The number of nitrogens with one attached hydrogen (secondary N) is 5. The molecule has 0 radical (unpaired) electrons. The first-order chi connectivity index (χ1) is 16.0. The fraction of sp³-hybridized carbons (Fsp3) is 0.920. The van der Waals surface area contributed by atoms with Crippen molar-refractivity contribution in [3.05, 3.63) is 11.6 Å². The summed E-state index contributed by atoms with van der Waals surface area (Å²) >= 11 is 6.27. The van der Waals surface area contributed by atoms with E-state index in [0.717, 1.165) is 65.0 Å². The third kappa shape index (κ3) is 7.12. The van der Waals surface area contributed by atoms with Gasteiger partial charge in [-0.3, -0.25) is 10.6 Å². The van der Waals surface area contributed by atoms with Crippen molar-refractivity contribution in [2.45, 2.75) is 94.1 Å². The maximum atomic E-state index is 14.3. The number of nitrogens with two attached hydrogens (primary N) is 1. The van der Waals surface area contributed by atoms with Crippen LogP contribution in [0.3, 0.4) is 0 Å². The zero-order chi connectivity index (χ0) is 23.2. The van der Waals surface area contributed by atoms with Gasteiger partial charge in [-0.1, -0.05) is 11.6 Å². The van der Waals surface area contributed by atoms with Gasteiger partial charge in [0.1, 0.15) is 6.17 Å². The van der Waals surface area contributed by atoms with E-state index >= 15 is 0 Å². The molecule has 8 heteroatoms. The Balaban J connectivity index is 1.49. The summed E-state index contributed by atoms with van der Waals surface area (Å²) in [6.07, 6.45) is 9.28. The largest absolute Gasteiger partial charge is 0.327 e. The molecule has 4 aliphatic rings. The van der Waals surface area contributed by atoms with E-state index in [0.29, 0.717) is 24.3 Å². The lowest BCUT2D eigenvalue weighted by molar-refractivity contribution is 0.198. The van der Waals surface area contributed by atoms with Gasteiger partial charge in [-0.05, 0) is 77.3 Å². The Kier molecular flexibility index (Phi) is 9.86. The Bertz CT molecular complexity index is 612. The topological polar surface area (TPSA) is 86.2 Å². The van der Waals surface area contributed by atoms with Gasteiger partial charge in [0.25, 0.3) is 0 Å². The summed E-state index contributed by atoms with van der Waals surface area (Å²) < 4.78 is 14.3. The molecule has 1 saturated carbocycles. The molecule has 190 valence electrons. The first-order valence-electron chi connectivity index (χ1n) is 13.4. The van der Waals surface area contributed by atoms with Crippen LogP contribution in [-0.4, -0.2) is 68.7 Å². The molecule has 0 spiro atoms. The quantitative estimate of drug-likeness (QED) is 0.144. The summed E-state index contributed by atoms with van der Waals surface area (Å²) in [6.45, 7) is 7.48. The minimum atomic E-state index is -0.896. The number of piperidine rings is 1. The lowest BCUT2D eigenvalue weighted by atomic mass is 9.79. The molecule has 8 atom stereocenters. The van der Waals surface area contributed by atoms with E-state index in [1.807, 2.05) is 0 Å². The van der Waals surface area contributed by atoms with Gasteiger partial charge in [-0.25, -0.2) is 4.39 Å². The van der Waals surface area contributed by atoms with Crippen molar-refractivity contribution in [3.63, 3.8) is 0 Å². The standard InChI is InChI=1S/C25H46ClFN6/c1-16(18-3-2-10-29-12-18)32-25(33-20-5-7-22(26)23(27)8-6-20)21-11-17(4-9-24(21)28)19-13-30-15-31-14-19/h11,16,18-25,29-33H,2-10,12-15,28H2,1H3. The third-order valence-corrected chi connectivity index (χ3v) is 8.97. The number of hydrogen-bond donors (Lipinski definition) is 6. The summed E-state index contributed by atoms with van der Waals surface area (Å²) in [6, 6.07) is 0.783. The monoisotopic (exact) mass is 484 g/mol. The van der Waals surface area contributed by atoms with Crippen LogP contribution in [0.4, 0.5) is 4.39 Å². The highest BCUT2D eigenvalue weighted by Gasteiger charge is 2.35. The van der Waals surface area contributed by atoms with Crippen LogP contribution < -0.4 is 32.3 Å². The predicted molar refractivity (Wildman–Crippen MR) is 135 cm³/mol. The van der Waals surface area contributed by atoms with Gasteiger partial charge in [-0.15, -0.1) is 11.6 Å². The highest BCUT2D eigenvalue weighted by atomic mass is 35.5. The highest BCUT2D eigenvalue weighted by molar-refractivity contribution is 6.21. The highest BCUT2D eigenvalue weighted by Crippen LogP contribution is 2.31. The Labute approximate surface area is 204 Å². The molecule has 2 heterocycles. The van der Waals surface area contributed by atoms with Gasteiger partial charge in [0, 0.05) is 49.7 Å². The second-order valence-electron chi connectivity index (χ2n) is 10.9. The van der Waals surface area contributed by atoms with Crippen LogP contribution in [0, 0.1) is 17.8 Å². The minimum absolute atomic E-state index is 0.0895. The van der Waals surface area contributed by atoms with Crippen molar-refractivity contribution in [1.82, 2.24) is 26.6 Å². The van der Waals surface area contributed by atoms with E-state index in [2.05, 4.69) is 39.6 Å². The molecule has 2 aliphatic carbocycles. The van der Waals surface area contributed by atoms with E-state index in [-0.39, 0.29) is 29.5 Å². The van der Waals surface area contributed by atoms with E-state index in [1.54, 1.807) is 0 Å². The SMILES string of the molecule is CC(NC(NC1CCC(F)C(Cl)CC1)C1C=C(C2CNCNC2)CCC1N)C1CCCNC1. The summed E-state index contributed by atoms with van der Waals surface area (Å²) in [7, 11) is 0. The lowest BCUT2D eigenvalue weighted by Gasteiger charge is -2.41. The van der Waals surface area contributed by atoms with E-state index in [1.165, 1.54) is 18.4 Å². The van der Waals surface area contributed by atoms with Crippen molar-refractivity contribution in [3.8, 4) is 0 Å². The Hall–Kier alpha value is -0.280. The zero-order valence-corrected chi connectivity index (χ0v) is 21.1. The van der Waals surface area contributed by atoms with Gasteiger partial charge >= 0.3 is 0 Å². The van der Waals surface area contributed by atoms with E-state index in [9.17, 15) is 4.39 Å². The Morgan fingerprint density at radius 1 is 1.06 bits per heavy atom. The molecule has 0 aromatic carbocycles. The lowest BCUT2D eigenvalue weighted by Crippen LogP contribution is -2.60. The van der Waals surface area contributed by atoms with Crippen LogP contribution in [0.5, 0.6) is 0 Å². The average molecular weight is 485 g/mol. The first kappa shape index (κ1) is 25.8. The van der Waals surface area contributed by atoms with Gasteiger partial charge in [0.05, 0.1) is 11.5 Å². The fourth-order valence-corrected chi connectivity index (χ4v) is 6.47. The van der Waals surface area contributed by atoms with Crippen molar-refractivity contribution in [2.24, 2.45) is 23.5 Å². The Morgan fingerprint density at radius 2 is 1.85 bits per heavy atom. The van der Waals surface area contributed by atoms with Crippen molar-refractivity contribution in [2.75, 3.05) is 32.8 Å². The summed E-state index contributed by atoms with van der Waals surface area (Å²) in [5.41, 5.74) is 8.29. The van der Waals surface area contributed by atoms with Gasteiger partial charge in [-0.2, -0.15) is 0 Å². The smallest absolute Gasteiger partial charge is 0.116 e. The van der Waals surface area contributed by atoms with Crippen LogP contribution in [-0.2, 0) is 0 Å². The maximum absolute atomic E-state index is 14.3.